The molecule has 0 aliphatic heterocycles. The van der Waals surface area contributed by atoms with Crippen LogP contribution < -0.4 is 10.6 Å². The summed E-state index contributed by atoms with van der Waals surface area (Å²) in [7, 11) is 1.57. The third kappa shape index (κ3) is 3.66. The third-order valence-corrected chi connectivity index (χ3v) is 2.73. The summed E-state index contributed by atoms with van der Waals surface area (Å²) in [5, 5.41) is 5.17. The van der Waals surface area contributed by atoms with Gasteiger partial charge in [0, 0.05) is 24.5 Å². The van der Waals surface area contributed by atoms with Crippen LogP contribution in [0.5, 0.6) is 0 Å². The second kappa shape index (κ2) is 6.27. The Kier molecular flexibility index (Phi) is 4.98. The number of carbonyl (C=O) groups excluding carboxylic acids is 2. The van der Waals surface area contributed by atoms with Crippen LogP contribution in [-0.4, -0.2) is 25.4 Å². The molecule has 0 radical (unpaired) electrons. The van der Waals surface area contributed by atoms with Crippen LogP contribution in [0.15, 0.2) is 28.7 Å². The fourth-order valence-electron chi connectivity index (χ4n) is 1.16. The van der Waals surface area contributed by atoms with E-state index in [0.717, 1.165) is 4.47 Å². The lowest BCUT2D eigenvalue weighted by Crippen LogP contribution is -2.29. The maximum atomic E-state index is 11.7. The van der Waals surface area contributed by atoms with Gasteiger partial charge >= 0.3 is 0 Å². The monoisotopic (exact) mass is 284 g/mol. The molecule has 0 atom stereocenters. The molecule has 1 aromatic carbocycles. The second-order valence-corrected chi connectivity index (χ2v) is 4.01. The van der Waals surface area contributed by atoms with E-state index in [4.69, 9.17) is 0 Å². The zero-order chi connectivity index (χ0) is 12.0. The molecule has 86 valence electrons. The summed E-state index contributed by atoms with van der Waals surface area (Å²) < 4.78 is 0.743. The van der Waals surface area contributed by atoms with Gasteiger partial charge in [-0.3, -0.25) is 9.59 Å². The van der Waals surface area contributed by atoms with Crippen molar-refractivity contribution in [2.45, 2.75) is 6.42 Å². The molecule has 0 spiro atoms. The fraction of sp³-hybridized carbons (Fsp3) is 0.273. The molecule has 16 heavy (non-hydrogen) atoms. The first kappa shape index (κ1) is 12.7. The van der Waals surface area contributed by atoms with Crippen molar-refractivity contribution in [1.29, 1.82) is 0 Å². The summed E-state index contributed by atoms with van der Waals surface area (Å²) in [5.41, 5.74) is 0.569. The molecule has 0 aliphatic carbocycles. The molecular weight excluding hydrogens is 272 g/mol. The number of halogens is 1. The average Bonchev–Trinajstić information content (AvgIpc) is 2.29. The van der Waals surface area contributed by atoms with E-state index in [0.29, 0.717) is 12.1 Å². The molecule has 0 aliphatic rings. The van der Waals surface area contributed by atoms with Gasteiger partial charge in [0.05, 0.1) is 5.56 Å². The summed E-state index contributed by atoms with van der Waals surface area (Å²) in [6.07, 6.45) is 0.284. The minimum Gasteiger partial charge on any atom is -0.359 e. The Morgan fingerprint density at radius 3 is 2.62 bits per heavy atom. The molecule has 0 saturated carbocycles. The standard InChI is InChI=1S/C11H13BrN2O2/c1-13-10(15)6-7-14-11(16)8-4-2-3-5-9(8)12/h2-5H,6-7H2,1H3,(H,13,15)(H,14,16). The summed E-state index contributed by atoms with van der Waals surface area (Å²) in [4.78, 5) is 22.6. The Hall–Kier alpha value is -1.36. The molecule has 2 N–H and O–H groups in total. The van der Waals surface area contributed by atoms with E-state index in [9.17, 15) is 9.59 Å². The van der Waals surface area contributed by atoms with Crippen molar-refractivity contribution in [1.82, 2.24) is 10.6 Å². The Morgan fingerprint density at radius 1 is 1.31 bits per heavy atom. The number of rotatable bonds is 4. The number of amides is 2. The van der Waals surface area contributed by atoms with Crippen LogP contribution in [0.1, 0.15) is 16.8 Å². The summed E-state index contributed by atoms with van der Waals surface area (Å²) >= 11 is 3.29. The first-order valence-corrected chi connectivity index (χ1v) is 5.67. The lowest BCUT2D eigenvalue weighted by atomic mass is 10.2. The topological polar surface area (TPSA) is 58.2 Å². The van der Waals surface area contributed by atoms with E-state index >= 15 is 0 Å². The Labute approximate surface area is 103 Å². The van der Waals surface area contributed by atoms with Gasteiger partial charge in [0.1, 0.15) is 0 Å². The number of benzene rings is 1. The molecule has 1 rings (SSSR count). The van der Waals surface area contributed by atoms with Crippen LogP contribution in [0, 0.1) is 0 Å². The van der Waals surface area contributed by atoms with E-state index in [1.807, 2.05) is 6.07 Å². The minimum atomic E-state index is -0.184. The maximum Gasteiger partial charge on any atom is 0.252 e. The smallest absolute Gasteiger partial charge is 0.252 e. The number of hydrogen-bond acceptors (Lipinski definition) is 2. The molecule has 0 unspecified atom stereocenters. The Morgan fingerprint density at radius 2 is 2.00 bits per heavy atom. The molecule has 4 nitrogen and oxygen atoms in total. The predicted molar refractivity (Wildman–Crippen MR) is 65.2 cm³/mol. The van der Waals surface area contributed by atoms with Gasteiger partial charge in [0.15, 0.2) is 0 Å². The van der Waals surface area contributed by atoms with Crippen molar-refractivity contribution in [3.05, 3.63) is 34.3 Å². The van der Waals surface area contributed by atoms with Gasteiger partial charge in [0.25, 0.3) is 5.91 Å². The Bertz CT molecular complexity index is 393. The van der Waals surface area contributed by atoms with Crippen molar-refractivity contribution in [2.75, 3.05) is 13.6 Å². The minimum absolute atomic E-state index is 0.0903. The van der Waals surface area contributed by atoms with Crippen molar-refractivity contribution in [3.63, 3.8) is 0 Å². The van der Waals surface area contributed by atoms with Gasteiger partial charge in [0.2, 0.25) is 5.91 Å². The molecule has 2 amide bonds. The summed E-state index contributed by atoms with van der Waals surface area (Å²) in [6, 6.07) is 7.15. The quantitative estimate of drug-likeness (QED) is 0.876. The van der Waals surface area contributed by atoms with Crippen LogP contribution in [-0.2, 0) is 4.79 Å². The van der Waals surface area contributed by atoms with E-state index < -0.39 is 0 Å². The third-order valence-electron chi connectivity index (χ3n) is 2.03. The van der Waals surface area contributed by atoms with Crippen LogP contribution >= 0.6 is 15.9 Å². The van der Waals surface area contributed by atoms with Gasteiger partial charge in [-0.25, -0.2) is 0 Å². The highest BCUT2D eigenvalue weighted by atomic mass is 79.9. The Balaban J connectivity index is 2.47. The van der Waals surface area contributed by atoms with E-state index in [1.54, 1.807) is 25.2 Å². The van der Waals surface area contributed by atoms with Gasteiger partial charge in [-0.05, 0) is 28.1 Å². The van der Waals surface area contributed by atoms with Crippen LogP contribution in [0.4, 0.5) is 0 Å². The van der Waals surface area contributed by atoms with Crippen molar-refractivity contribution < 1.29 is 9.59 Å². The average molecular weight is 285 g/mol. The molecule has 0 aromatic heterocycles. The largest absolute Gasteiger partial charge is 0.359 e. The number of carbonyl (C=O) groups is 2. The van der Waals surface area contributed by atoms with Crippen LogP contribution in [0.3, 0.4) is 0 Å². The molecule has 0 fully saturated rings. The van der Waals surface area contributed by atoms with Gasteiger partial charge in [-0.15, -0.1) is 0 Å². The highest BCUT2D eigenvalue weighted by molar-refractivity contribution is 9.10. The molecular formula is C11H13BrN2O2. The molecule has 0 heterocycles. The molecule has 0 saturated heterocycles. The van der Waals surface area contributed by atoms with Crippen molar-refractivity contribution in [3.8, 4) is 0 Å². The number of nitrogens with one attached hydrogen (secondary N) is 2. The van der Waals surface area contributed by atoms with Crippen LogP contribution in [0.25, 0.3) is 0 Å². The summed E-state index contributed by atoms with van der Waals surface area (Å²) in [6.45, 7) is 0.333. The lowest BCUT2D eigenvalue weighted by molar-refractivity contribution is -0.120. The second-order valence-electron chi connectivity index (χ2n) is 3.16. The van der Waals surface area contributed by atoms with E-state index in [2.05, 4.69) is 26.6 Å². The highest BCUT2D eigenvalue weighted by Crippen LogP contribution is 2.15. The SMILES string of the molecule is CNC(=O)CCNC(=O)c1ccccc1Br. The van der Waals surface area contributed by atoms with Gasteiger partial charge in [-0.1, -0.05) is 12.1 Å². The molecule has 0 bridgehead atoms. The first-order chi connectivity index (χ1) is 7.65. The summed E-state index contributed by atoms with van der Waals surface area (Å²) in [5.74, 6) is -0.274. The zero-order valence-electron chi connectivity index (χ0n) is 8.92. The van der Waals surface area contributed by atoms with Gasteiger partial charge < -0.3 is 10.6 Å². The van der Waals surface area contributed by atoms with E-state index in [-0.39, 0.29) is 18.2 Å². The molecule has 1 aromatic rings. The predicted octanol–water partition coefficient (Wildman–Crippen LogP) is 1.31. The van der Waals surface area contributed by atoms with E-state index in [1.165, 1.54) is 0 Å². The maximum absolute atomic E-state index is 11.7. The fourth-order valence-corrected chi connectivity index (χ4v) is 1.62. The highest BCUT2D eigenvalue weighted by Gasteiger charge is 2.08. The van der Waals surface area contributed by atoms with Gasteiger partial charge in [-0.2, -0.15) is 0 Å². The van der Waals surface area contributed by atoms with Crippen LogP contribution in [0.2, 0.25) is 0 Å². The number of hydrogen-bond donors (Lipinski definition) is 2. The van der Waals surface area contributed by atoms with Crippen molar-refractivity contribution >= 4 is 27.7 Å². The normalized spacial score (nSPS) is 9.62. The van der Waals surface area contributed by atoms with Crippen molar-refractivity contribution in [2.24, 2.45) is 0 Å². The lowest BCUT2D eigenvalue weighted by Gasteiger charge is -2.05. The first-order valence-electron chi connectivity index (χ1n) is 4.88. The zero-order valence-corrected chi connectivity index (χ0v) is 10.5. The molecule has 5 heteroatoms.